The maximum Gasteiger partial charge on any atom is 0.305 e. The maximum atomic E-state index is 13.5. The van der Waals surface area contributed by atoms with Crippen molar-refractivity contribution >= 4 is 11.5 Å². The first kappa shape index (κ1) is 14.4. The number of hydrogen-bond donors (Lipinski definition) is 1. The first-order valence-electron chi connectivity index (χ1n) is 5.75. The minimum absolute atomic E-state index is 0.0529. The normalized spacial score (nSPS) is 10.0. The predicted molar refractivity (Wildman–Crippen MR) is 71.3 cm³/mol. The quantitative estimate of drug-likeness (QED) is 0.667. The van der Waals surface area contributed by atoms with Gasteiger partial charge in [0.25, 0.3) is 5.88 Å². The molecule has 0 spiro atoms. The van der Waals surface area contributed by atoms with Crippen LogP contribution in [0.4, 0.5) is 15.9 Å². The zero-order valence-corrected chi connectivity index (χ0v) is 11.2. The minimum Gasteiger partial charge on any atom is -0.489 e. The monoisotopic (exact) mass is 294 g/mol. The van der Waals surface area contributed by atoms with Gasteiger partial charge >= 0.3 is 5.69 Å². The molecule has 1 aromatic heterocycles. The average Bonchev–Trinajstić information content (AvgIpc) is 2.46. The van der Waals surface area contributed by atoms with Crippen LogP contribution in [-0.4, -0.2) is 29.0 Å². The van der Waals surface area contributed by atoms with E-state index in [1.54, 1.807) is 7.05 Å². The van der Waals surface area contributed by atoms with Gasteiger partial charge in [0.05, 0.1) is 12.0 Å². The molecule has 8 nitrogen and oxygen atoms in total. The van der Waals surface area contributed by atoms with Gasteiger partial charge in [0, 0.05) is 19.2 Å². The number of hydrogen-bond acceptors (Lipinski definition) is 7. The summed E-state index contributed by atoms with van der Waals surface area (Å²) in [6, 6.07) is 3.18. The Morgan fingerprint density at radius 3 is 2.71 bits per heavy atom. The molecule has 0 fully saturated rings. The van der Waals surface area contributed by atoms with Crippen molar-refractivity contribution in [2.75, 3.05) is 19.5 Å². The predicted octanol–water partition coefficient (Wildman–Crippen LogP) is 2.37. The molecule has 0 atom stereocenters. The number of anilines is 1. The molecule has 1 N–H and O–H groups in total. The second kappa shape index (κ2) is 5.99. The summed E-state index contributed by atoms with van der Waals surface area (Å²) in [7, 11) is 3.04. The fraction of sp³-hybridized carbons (Fsp3) is 0.167. The number of nitrogens with zero attached hydrogens (tertiary/aromatic N) is 3. The molecule has 2 aromatic rings. The Morgan fingerprint density at radius 1 is 1.38 bits per heavy atom. The van der Waals surface area contributed by atoms with E-state index in [4.69, 9.17) is 9.47 Å². The lowest BCUT2D eigenvalue weighted by molar-refractivity contribution is -0.387. The van der Waals surface area contributed by atoms with E-state index in [1.807, 2.05) is 0 Å². The number of rotatable bonds is 5. The van der Waals surface area contributed by atoms with Crippen LogP contribution in [0.1, 0.15) is 0 Å². The highest BCUT2D eigenvalue weighted by Crippen LogP contribution is 2.34. The van der Waals surface area contributed by atoms with Crippen molar-refractivity contribution < 1.29 is 18.8 Å². The van der Waals surface area contributed by atoms with Gasteiger partial charge in [-0.1, -0.05) is 0 Å². The lowest BCUT2D eigenvalue weighted by Crippen LogP contribution is -2.01. The number of benzene rings is 1. The van der Waals surface area contributed by atoms with E-state index < -0.39 is 16.4 Å². The zero-order chi connectivity index (χ0) is 15.4. The van der Waals surface area contributed by atoms with Gasteiger partial charge in [0.1, 0.15) is 12.1 Å². The Hall–Kier alpha value is -2.97. The Morgan fingerprint density at radius 2 is 2.14 bits per heavy atom. The van der Waals surface area contributed by atoms with Crippen LogP contribution in [0.15, 0.2) is 24.5 Å². The van der Waals surface area contributed by atoms with Gasteiger partial charge in [0.2, 0.25) is 11.6 Å². The molecule has 0 radical (unpaired) electrons. The summed E-state index contributed by atoms with van der Waals surface area (Å²) in [5.74, 6) is -0.259. The number of nitro benzene ring substituents is 1. The maximum absolute atomic E-state index is 13.5. The summed E-state index contributed by atoms with van der Waals surface area (Å²) in [5.41, 5.74) is -0.632. The third kappa shape index (κ3) is 2.96. The third-order valence-electron chi connectivity index (χ3n) is 2.54. The Kier molecular flexibility index (Phi) is 4.12. The molecular weight excluding hydrogens is 283 g/mol. The number of halogens is 1. The SMILES string of the molecule is CNc1ncnc(Oc2ccc([N+](=O)[O-])c(F)c2)c1OC. The number of ether oxygens (including phenoxy) is 2. The molecule has 9 heteroatoms. The van der Waals surface area contributed by atoms with Crippen molar-refractivity contribution in [3.05, 3.63) is 40.5 Å². The molecule has 0 amide bonds. The van der Waals surface area contributed by atoms with Crippen molar-refractivity contribution in [3.8, 4) is 17.4 Å². The van der Waals surface area contributed by atoms with Gasteiger partial charge < -0.3 is 14.8 Å². The lowest BCUT2D eigenvalue weighted by atomic mass is 10.3. The number of nitrogens with one attached hydrogen (secondary N) is 1. The van der Waals surface area contributed by atoms with E-state index >= 15 is 0 Å². The molecule has 0 bridgehead atoms. The van der Waals surface area contributed by atoms with Gasteiger partial charge in [-0.25, -0.2) is 4.98 Å². The second-order valence-corrected chi connectivity index (χ2v) is 3.78. The Bertz CT molecular complexity index is 680. The Labute approximate surface area is 118 Å². The smallest absolute Gasteiger partial charge is 0.305 e. The summed E-state index contributed by atoms with van der Waals surface area (Å²) in [5, 5.41) is 13.3. The fourth-order valence-corrected chi connectivity index (χ4v) is 1.60. The molecule has 21 heavy (non-hydrogen) atoms. The van der Waals surface area contributed by atoms with Crippen LogP contribution >= 0.6 is 0 Å². The first-order chi connectivity index (χ1) is 10.1. The molecule has 0 aliphatic heterocycles. The highest BCUT2D eigenvalue weighted by Gasteiger charge is 2.17. The van der Waals surface area contributed by atoms with E-state index in [1.165, 1.54) is 19.5 Å². The van der Waals surface area contributed by atoms with E-state index in [2.05, 4.69) is 15.3 Å². The van der Waals surface area contributed by atoms with Gasteiger partial charge in [-0.3, -0.25) is 10.1 Å². The van der Waals surface area contributed by atoms with Crippen LogP contribution in [-0.2, 0) is 0 Å². The largest absolute Gasteiger partial charge is 0.489 e. The lowest BCUT2D eigenvalue weighted by Gasteiger charge is -2.11. The molecule has 2 rings (SSSR count). The molecule has 0 aliphatic carbocycles. The van der Waals surface area contributed by atoms with Crippen LogP contribution in [0.5, 0.6) is 17.4 Å². The zero-order valence-electron chi connectivity index (χ0n) is 11.2. The average molecular weight is 294 g/mol. The molecule has 0 unspecified atom stereocenters. The molecule has 0 aliphatic rings. The second-order valence-electron chi connectivity index (χ2n) is 3.78. The first-order valence-corrected chi connectivity index (χ1v) is 5.75. The molecule has 1 aromatic carbocycles. The van der Waals surface area contributed by atoms with Crippen molar-refractivity contribution in [2.45, 2.75) is 0 Å². The summed E-state index contributed by atoms with van der Waals surface area (Å²) < 4.78 is 24.0. The van der Waals surface area contributed by atoms with Crippen molar-refractivity contribution in [3.63, 3.8) is 0 Å². The van der Waals surface area contributed by atoms with Crippen LogP contribution < -0.4 is 14.8 Å². The summed E-state index contributed by atoms with van der Waals surface area (Å²) in [4.78, 5) is 17.6. The van der Waals surface area contributed by atoms with Gasteiger partial charge in [-0.15, -0.1) is 0 Å². The molecular formula is C12H11FN4O4. The number of methoxy groups -OCH3 is 1. The van der Waals surface area contributed by atoms with E-state index in [0.717, 1.165) is 12.1 Å². The summed E-state index contributed by atoms with van der Waals surface area (Å²) in [6.45, 7) is 0. The van der Waals surface area contributed by atoms with Crippen molar-refractivity contribution in [1.82, 2.24) is 9.97 Å². The standard InChI is InChI=1S/C12H11FN4O4/c1-14-11-10(20-2)12(16-6-15-11)21-7-3-4-9(17(18)19)8(13)5-7/h3-6H,1-2H3,(H,14,15,16). The number of aromatic nitrogens is 2. The highest BCUT2D eigenvalue weighted by molar-refractivity contribution is 5.55. The number of nitro groups is 1. The molecule has 0 saturated heterocycles. The Balaban J connectivity index is 2.34. The third-order valence-corrected chi connectivity index (χ3v) is 2.54. The van der Waals surface area contributed by atoms with Crippen LogP contribution in [0, 0.1) is 15.9 Å². The van der Waals surface area contributed by atoms with Gasteiger partial charge in [0.15, 0.2) is 5.82 Å². The van der Waals surface area contributed by atoms with Crippen LogP contribution in [0.25, 0.3) is 0 Å². The summed E-state index contributed by atoms with van der Waals surface area (Å²) >= 11 is 0. The van der Waals surface area contributed by atoms with Crippen molar-refractivity contribution in [2.24, 2.45) is 0 Å². The summed E-state index contributed by atoms with van der Waals surface area (Å²) in [6.07, 6.45) is 1.24. The van der Waals surface area contributed by atoms with E-state index in [9.17, 15) is 14.5 Å². The fourth-order valence-electron chi connectivity index (χ4n) is 1.60. The van der Waals surface area contributed by atoms with Crippen LogP contribution in [0.2, 0.25) is 0 Å². The minimum atomic E-state index is -1.00. The van der Waals surface area contributed by atoms with E-state index in [-0.39, 0.29) is 17.4 Å². The molecule has 110 valence electrons. The molecule has 1 heterocycles. The molecule has 0 saturated carbocycles. The van der Waals surface area contributed by atoms with Gasteiger partial charge in [-0.05, 0) is 6.07 Å². The topological polar surface area (TPSA) is 99.4 Å². The van der Waals surface area contributed by atoms with Crippen LogP contribution in [0.3, 0.4) is 0 Å². The highest BCUT2D eigenvalue weighted by atomic mass is 19.1. The van der Waals surface area contributed by atoms with Crippen molar-refractivity contribution in [1.29, 1.82) is 0 Å². The van der Waals surface area contributed by atoms with Gasteiger partial charge in [-0.2, -0.15) is 9.37 Å². The van der Waals surface area contributed by atoms with E-state index in [0.29, 0.717) is 5.82 Å².